The summed E-state index contributed by atoms with van der Waals surface area (Å²) in [6.45, 7) is 2.60. The summed E-state index contributed by atoms with van der Waals surface area (Å²) in [7, 11) is -1.49. The molecular weight excluding hydrogens is 310 g/mol. The van der Waals surface area contributed by atoms with Crippen molar-refractivity contribution in [1.29, 1.82) is 0 Å². The zero-order chi connectivity index (χ0) is 15.5. The van der Waals surface area contributed by atoms with Gasteiger partial charge in [0.1, 0.15) is 4.90 Å². The van der Waals surface area contributed by atoms with E-state index in [1.54, 1.807) is 6.07 Å². The maximum absolute atomic E-state index is 12.2. The van der Waals surface area contributed by atoms with Crippen LogP contribution in [0.1, 0.15) is 19.3 Å². The first-order valence-corrected chi connectivity index (χ1v) is 8.98. The molecule has 1 fully saturated rings. The summed E-state index contributed by atoms with van der Waals surface area (Å²) in [4.78, 5) is 2.35. The molecular formula is C14H22ClN3O2S. The zero-order valence-corrected chi connectivity index (χ0v) is 13.8. The Kier molecular flexibility index (Phi) is 5.48. The van der Waals surface area contributed by atoms with Gasteiger partial charge >= 0.3 is 0 Å². The lowest BCUT2D eigenvalue weighted by Crippen LogP contribution is -2.32. The molecule has 0 saturated carbocycles. The summed E-state index contributed by atoms with van der Waals surface area (Å²) in [6, 6.07) is 4.47. The fraction of sp³-hybridized carbons (Fsp3) is 0.571. The largest absolute Gasteiger partial charge is 0.399 e. The summed E-state index contributed by atoms with van der Waals surface area (Å²) in [6.07, 6.45) is 3.10. The topological polar surface area (TPSA) is 75.4 Å². The number of likely N-dealkylation sites (tertiary alicyclic amines) is 1. The standard InChI is InChI=1S/C14H22ClN3O2S/c1-18-8-5-11(6-9-18)4-7-17-21(19,20)14-10-12(16)2-3-13(14)15/h2-3,10-11,17H,4-9,16H2,1H3. The number of piperidine rings is 1. The number of sulfonamides is 1. The second-order valence-corrected chi connectivity index (χ2v) is 7.77. The monoisotopic (exact) mass is 331 g/mol. The summed E-state index contributed by atoms with van der Waals surface area (Å²) >= 11 is 5.94. The number of rotatable bonds is 5. The van der Waals surface area contributed by atoms with E-state index >= 15 is 0 Å². The highest BCUT2D eigenvalue weighted by molar-refractivity contribution is 7.89. The van der Waals surface area contributed by atoms with Crippen LogP contribution in [0.25, 0.3) is 0 Å². The van der Waals surface area contributed by atoms with Gasteiger partial charge in [0.2, 0.25) is 10.0 Å². The molecule has 7 heteroatoms. The van der Waals surface area contributed by atoms with Gasteiger partial charge in [0, 0.05) is 12.2 Å². The maximum Gasteiger partial charge on any atom is 0.242 e. The average molecular weight is 332 g/mol. The van der Waals surface area contributed by atoms with Crippen LogP contribution in [0.5, 0.6) is 0 Å². The van der Waals surface area contributed by atoms with E-state index < -0.39 is 10.0 Å². The van der Waals surface area contributed by atoms with E-state index in [0.717, 1.165) is 32.4 Å². The van der Waals surface area contributed by atoms with Gasteiger partial charge in [-0.2, -0.15) is 0 Å². The SMILES string of the molecule is CN1CCC(CCNS(=O)(=O)c2cc(N)ccc2Cl)CC1. The zero-order valence-electron chi connectivity index (χ0n) is 12.2. The molecule has 0 amide bonds. The lowest BCUT2D eigenvalue weighted by molar-refractivity contribution is 0.213. The van der Waals surface area contributed by atoms with Crippen molar-refractivity contribution in [3.63, 3.8) is 0 Å². The van der Waals surface area contributed by atoms with Crippen LogP contribution < -0.4 is 10.5 Å². The lowest BCUT2D eigenvalue weighted by Gasteiger charge is -2.28. The molecule has 1 aromatic carbocycles. The second kappa shape index (κ2) is 6.96. The second-order valence-electron chi connectivity index (χ2n) is 5.62. The van der Waals surface area contributed by atoms with Crippen molar-refractivity contribution in [2.75, 3.05) is 32.4 Å². The van der Waals surface area contributed by atoms with E-state index in [1.807, 2.05) is 0 Å². The van der Waals surface area contributed by atoms with Crippen molar-refractivity contribution >= 4 is 27.3 Å². The van der Waals surface area contributed by atoms with Crippen LogP contribution in [0, 0.1) is 5.92 Å². The van der Waals surface area contributed by atoms with Gasteiger partial charge in [0.25, 0.3) is 0 Å². The van der Waals surface area contributed by atoms with E-state index in [1.165, 1.54) is 12.1 Å². The molecule has 3 N–H and O–H groups in total. The van der Waals surface area contributed by atoms with Crippen LogP contribution in [0.4, 0.5) is 5.69 Å². The summed E-state index contributed by atoms with van der Waals surface area (Å²) in [5.41, 5.74) is 6.01. The quantitative estimate of drug-likeness (QED) is 0.808. The van der Waals surface area contributed by atoms with Crippen molar-refractivity contribution in [2.24, 2.45) is 5.92 Å². The molecule has 21 heavy (non-hydrogen) atoms. The van der Waals surface area contributed by atoms with Crippen molar-refractivity contribution in [1.82, 2.24) is 9.62 Å². The molecule has 1 aromatic rings. The number of benzene rings is 1. The third kappa shape index (κ3) is 4.57. The van der Waals surface area contributed by atoms with Gasteiger partial charge in [-0.25, -0.2) is 13.1 Å². The molecule has 0 radical (unpaired) electrons. The highest BCUT2D eigenvalue weighted by atomic mass is 35.5. The van der Waals surface area contributed by atoms with Gasteiger partial charge in [-0.3, -0.25) is 0 Å². The number of nitrogens with zero attached hydrogens (tertiary/aromatic N) is 1. The normalized spacial score (nSPS) is 18.0. The number of nitrogens with one attached hydrogen (secondary N) is 1. The van der Waals surface area contributed by atoms with Crippen molar-refractivity contribution < 1.29 is 8.42 Å². The molecule has 5 nitrogen and oxygen atoms in total. The molecule has 0 bridgehead atoms. The molecule has 1 aliphatic rings. The van der Waals surface area contributed by atoms with Gasteiger partial charge in [-0.15, -0.1) is 0 Å². The molecule has 1 heterocycles. The van der Waals surface area contributed by atoms with Crippen LogP contribution in [0.15, 0.2) is 23.1 Å². The Balaban J connectivity index is 1.91. The molecule has 2 rings (SSSR count). The molecule has 1 saturated heterocycles. The van der Waals surface area contributed by atoms with Gasteiger partial charge in [0.05, 0.1) is 5.02 Å². The molecule has 118 valence electrons. The van der Waals surface area contributed by atoms with Crippen LogP contribution >= 0.6 is 11.6 Å². The fourth-order valence-corrected chi connectivity index (χ4v) is 4.13. The number of anilines is 1. The first-order valence-electron chi connectivity index (χ1n) is 7.12. The molecule has 0 unspecified atom stereocenters. The summed E-state index contributed by atoms with van der Waals surface area (Å²) in [5, 5.41) is 0.191. The maximum atomic E-state index is 12.2. The minimum Gasteiger partial charge on any atom is -0.399 e. The van der Waals surface area contributed by atoms with Crippen LogP contribution in [0.2, 0.25) is 5.02 Å². The molecule has 0 aromatic heterocycles. The predicted octanol–water partition coefficient (Wildman–Crippen LogP) is 1.93. The van der Waals surface area contributed by atoms with Crippen molar-refractivity contribution in [2.45, 2.75) is 24.2 Å². The first kappa shape index (κ1) is 16.5. The summed E-state index contributed by atoms with van der Waals surface area (Å²) < 4.78 is 27.1. The Labute approximate surface area is 131 Å². The van der Waals surface area contributed by atoms with Crippen LogP contribution in [0.3, 0.4) is 0 Å². The van der Waals surface area contributed by atoms with Crippen molar-refractivity contribution in [3.05, 3.63) is 23.2 Å². The average Bonchev–Trinajstić information content (AvgIpc) is 2.43. The minimum atomic E-state index is -3.60. The van der Waals surface area contributed by atoms with Gasteiger partial charge in [0.15, 0.2) is 0 Å². The third-order valence-electron chi connectivity index (χ3n) is 3.93. The van der Waals surface area contributed by atoms with E-state index in [4.69, 9.17) is 17.3 Å². The smallest absolute Gasteiger partial charge is 0.242 e. The van der Waals surface area contributed by atoms with Gasteiger partial charge in [-0.05, 0) is 63.5 Å². The van der Waals surface area contributed by atoms with Gasteiger partial charge < -0.3 is 10.6 Å². The number of halogens is 1. The number of nitrogens with two attached hydrogens (primary N) is 1. The van der Waals surface area contributed by atoms with E-state index in [-0.39, 0.29) is 9.92 Å². The number of hydrogen-bond acceptors (Lipinski definition) is 4. The fourth-order valence-electron chi connectivity index (χ4n) is 2.55. The highest BCUT2D eigenvalue weighted by Gasteiger charge is 2.20. The number of nitrogen functional groups attached to an aromatic ring is 1. The van der Waals surface area contributed by atoms with E-state index in [0.29, 0.717) is 18.2 Å². The highest BCUT2D eigenvalue weighted by Crippen LogP contribution is 2.24. The predicted molar refractivity (Wildman–Crippen MR) is 85.9 cm³/mol. The molecule has 0 aliphatic carbocycles. The Morgan fingerprint density at radius 1 is 1.38 bits per heavy atom. The van der Waals surface area contributed by atoms with Crippen LogP contribution in [-0.4, -0.2) is 40.0 Å². The summed E-state index contributed by atoms with van der Waals surface area (Å²) in [5.74, 6) is 0.584. The Morgan fingerprint density at radius 3 is 2.71 bits per heavy atom. The lowest BCUT2D eigenvalue weighted by atomic mass is 9.94. The Hall–Kier alpha value is -0.820. The van der Waals surface area contributed by atoms with Gasteiger partial charge in [-0.1, -0.05) is 11.6 Å². The van der Waals surface area contributed by atoms with E-state index in [2.05, 4.69) is 16.7 Å². The van der Waals surface area contributed by atoms with Crippen molar-refractivity contribution in [3.8, 4) is 0 Å². The Bertz CT molecular complexity index is 584. The Morgan fingerprint density at radius 2 is 2.05 bits per heavy atom. The number of hydrogen-bond donors (Lipinski definition) is 2. The first-order chi connectivity index (χ1) is 9.88. The third-order valence-corrected chi connectivity index (χ3v) is 5.87. The van der Waals surface area contributed by atoms with E-state index in [9.17, 15) is 8.42 Å². The molecule has 0 atom stereocenters. The molecule has 0 spiro atoms. The molecule has 1 aliphatic heterocycles. The minimum absolute atomic E-state index is 0.0487. The van der Waals surface area contributed by atoms with Crippen LogP contribution in [-0.2, 0) is 10.0 Å².